The van der Waals surface area contributed by atoms with Crippen LogP contribution in [0.15, 0.2) is 46.0 Å². The predicted octanol–water partition coefficient (Wildman–Crippen LogP) is 4.04. The highest BCUT2D eigenvalue weighted by molar-refractivity contribution is 6.42. The van der Waals surface area contributed by atoms with Crippen LogP contribution in [-0.4, -0.2) is 22.0 Å². The molecule has 0 atom stereocenters. The van der Waals surface area contributed by atoms with Gasteiger partial charge in [0.2, 0.25) is 0 Å². The van der Waals surface area contributed by atoms with Gasteiger partial charge in [-0.15, -0.1) is 0 Å². The zero-order valence-electron chi connectivity index (χ0n) is 16.0. The summed E-state index contributed by atoms with van der Waals surface area (Å²) in [4.78, 5) is 37.4. The standard InChI is InChI=1S/C20H15Cl2N3O6/c1-30-17-9-11(3-6-15-18(25(28)29)19(26)24-20(27)23-15)4-7-16(17)31-10-12-2-5-13(21)14(22)8-12/h2-9H,10H2,1H3,(H2,23,24,26,27)/b6-3+. The van der Waals surface area contributed by atoms with Gasteiger partial charge in [-0.25, -0.2) is 4.79 Å². The highest BCUT2D eigenvalue weighted by Crippen LogP contribution is 2.30. The summed E-state index contributed by atoms with van der Waals surface area (Å²) >= 11 is 11.9. The molecular weight excluding hydrogens is 449 g/mol. The van der Waals surface area contributed by atoms with Crippen molar-refractivity contribution in [2.45, 2.75) is 6.61 Å². The summed E-state index contributed by atoms with van der Waals surface area (Å²) in [5, 5.41) is 12.0. The number of nitrogens with zero attached hydrogens (tertiary/aromatic N) is 1. The van der Waals surface area contributed by atoms with Gasteiger partial charge in [0.15, 0.2) is 11.5 Å². The van der Waals surface area contributed by atoms with Crippen LogP contribution in [0.4, 0.5) is 5.69 Å². The molecule has 1 aromatic heterocycles. The predicted molar refractivity (Wildman–Crippen MR) is 117 cm³/mol. The smallest absolute Gasteiger partial charge is 0.357 e. The van der Waals surface area contributed by atoms with Gasteiger partial charge in [-0.3, -0.25) is 19.9 Å². The number of methoxy groups -OCH3 is 1. The third-order valence-corrected chi connectivity index (χ3v) is 4.88. The molecule has 0 aliphatic rings. The molecule has 0 aliphatic heterocycles. The molecular formula is C20H15Cl2N3O6. The number of H-pyrrole nitrogens is 2. The van der Waals surface area contributed by atoms with E-state index in [1.54, 1.807) is 36.4 Å². The average molecular weight is 464 g/mol. The van der Waals surface area contributed by atoms with Crippen LogP contribution in [0.1, 0.15) is 16.8 Å². The fraction of sp³-hybridized carbons (Fsp3) is 0.100. The normalized spacial score (nSPS) is 10.9. The van der Waals surface area contributed by atoms with Crippen LogP contribution in [0.5, 0.6) is 11.5 Å². The maximum atomic E-state index is 11.7. The molecule has 0 bridgehead atoms. The molecule has 3 rings (SSSR count). The first-order valence-corrected chi connectivity index (χ1v) is 9.48. The first kappa shape index (κ1) is 22.1. The lowest BCUT2D eigenvalue weighted by molar-refractivity contribution is -0.386. The summed E-state index contributed by atoms with van der Waals surface area (Å²) in [5.41, 5.74) is -1.52. The van der Waals surface area contributed by atoms with Gasteiger partial charge in [0.05, 0.1) is 22.1 Å². The van der Waals surface area contributed by atoms with E-state index >= 15 is 0 Å². The molecule has 2 N–H and O–H groups in total. The zero-order valence-corrected chi connectivity index (χ0v) is 17.5. The van der Waals surface area contributed by atoms with Gasteiger partial charge >= 0.3 is 16.9 Å². The summed E-state index contributed by atoms with van der Waals surface area (Å²) < 4.78 is 11.1. The Morgan fingerprint density at radius 3 is 2.48 bits per heavy atom. The minimum Gasteiger partial charge on any atom is -0.493 e. The molecule has 0 radical (unpaired) electrons. The molecule has 0 unspecified atom stereocenters. The molecule has 31 heavy (non-hydrogen) atoms. The van der Waals surface area contributed by atoms with Crippen molar-refractivity contribution in [3.8, 4) is 11.5 Å². The molecule has 11 heteroatoms. The van der Waals surface area contributed by atoms with Gasteiger partial charge < -0.3 is 14.5 Å². The van der Waals surface area contributed by atoms with Gasteiger partial charge in [0.25, 0.3) is 0 Å². The van der Waals surface area contributed by atoms with Crippen molar-refractivity contribution in [3.05, 3.63) is 94.2 Å². The summed E-state index contributed by atoms with van der Waals surface area (Å²) in [6, 6.07) is 10.1. The van der Waals surface area contributed by atoms with E-state index < -0.39 is 21.9 Å². The molecule has 0 aliphatic carbocycles. The number of halogens is 2. The van der Waals surface area contributed by atoms with Gasteiger partial charge in [0, 0.05) is 0 Å². The molecule has 9 nitrogen and oxygen atoms in total. The molecule has 160 valence electrons. The van der Waals surface area contributed by atoms with Crippen LogP contribution in [0.25, 0.3) is 12.2 Å². The lowest BCUT2D eigenvalue weighted by Crippen LogP contribution is -2.25. The molecule has 0 amide bonds. The maximum Gasteiger partial charge on any atom is 0.357 e. The van der Waals surface area contributed by atoms with E-state index in [1.807, 2.05) is 4.98 Å². The third kappa shape index (κ3) is 5.33. The van der Waals surface area contributed by atoms with Crippen LogP contribution in [-0.2, 0) is 6.61 Å². The van der Waals surface area contributed by atoms with Crippen LogP contribution in [0.2, 0.25) is 10.0 Å². The van der Waals surface area contributed by atoms with Crippen LogP contribution in [0.3, 0.4) is 0 Å². The van der Waals surface area contributed by atoms with Gasteiger partial charge in [0.1, 0.15) is 12.3 Å². The number of benzene rings is 2. The van der Waals surface area contributed by atoms with Crippen molar-refractivity contribution in [2.24, 2.45) is 0 Å². The summed E-state index contributed by atoms with van der Waals surface area (Å²) in [7, 11) is 1.47. The number of nitro groups is 1. The van der Waals surface area contributed by atoms with Crippen LogP contribution in [0, 0.1) is 10.1 Å². The van der Waals surface area contributed by atoms with E-state index in [-0.39, 0.29) is 12.3 Å². The molecule has 0 fully saturated rings. The minimum absolute atomic E-state index is 0.224. The fourth-order valence-corrected chi connectivity index (χ4v) is 3.00. The Labute approximate surface area is 185 Å². The lowest BCUT2D eigenvalue weighted by atomic mass is 10.1. The average Bonchev–Trinajstić information content (AvgIpc) is 2.72. The molecule has 3 aromatic rings. The maximum absolute atomic E-state index is 11.7. The largest absolute Gasteiger partial charge is 0.493 e. The first-order chi connectivity index (χ1) is 14.8. The van der Waals surface area contributed by atoms with Crippen molar-refractivity contribution < 1.29 is 14.4 Å². The summed E-state index contributed by atoms with van der Waals surface area (Å²) in [6.45, 7) is 0.225. The number of hydrogen-bond donors (Lipinski definition) is 2. The van der Waals surface area contributed by atoms with Crippen molar-refractivity contribution in [2.75, 3.05) is 7.11 Å². The third-order valence-electron chi connectivity index (χ3n) is 4.14. The van der Waals surface area contributed by atoms with Gasteiger partial charge in [-0.2, -0.15) is 0 Å². The number of hydrogen-bond acceptors (Lipinski definition) is 6. The van der Waals surface area contributed by atoms with E-state index in [4.69, 9.17) is 32.7 Å². The Bertz CT molecular complexity index is 1280. The Hall–Kier alpha value is -3.56. The molecule has 1 heterocycles. The Morgan fingerprint density at radius 2 is 1.81 bits per heavy atom. The number of rotatable bonds is 7. The second-order valence-electron chi connectivity index (χ2n) is 6.21. The van der Waals surface area contributed by atoms with Crippen molar-refractivity contribution >= 4 is 41.0 Å². The van der Waals surface area contributed by atoms with E-state index in [0.717, 1.165) is 5.56 Å². The van der Waals surface area contributed by atoms with E-state index in [2.05, 4.69) is 4.98 Å². The van der Waals surface area contributed by atoms with Crippen molar-refractivity contribution in [3.63, 3.8) is 0 Å². The molecule has 0 spiro atoms. The SMILES string of the molecule is COc1cc(/C=C/c2[nH]c(=O)[nH]c(=O)c2[N+](=O)[O-])ccc1OCc1ccc(Cl)c(Cl)c1. The topological polar surface area (TPSA) is 127 Å². The van der Waals surface area contributed by atoms with Gasteiger partial charge in [-0.05, 0) is 41.5 Å². The second-order valence-corrected chi connectivity index (χ2v) is 7.02. The summed E-state index contributed by atoms with van der Waals surface area (Å²) in [6.07, 6.45) is 2.75. The van der Waals surface area contributed by atoms with E-state index in [9.17, 15) is 19.7 Å². The Morgan fingerprint density at radius 1 is 1.03 bits per heavy atom. The highest BCUT2D eigenvalue weighted by atomic mass is 35.5. The highest BCUT2D eigenvalue weighted by Gasteiger charge is 2.18. The number of nitrogens with one attached hydrogen (secondary N) is 2. The number of aromatic nitrogens is 2. The molecule has 0 saturated carbocycles. The van der Waals surface area contributed by atoms with Crippen LogP contribution < -0.4 is 20.7 Å². The monoisotopic (exact) mass is 463 g/mol. The Balaban J connectivity index is 1.83. The second kappa shape index (κ2) is 9.50. The molecule has 2 aromatic carbocycles. The first-order valence-electron chi connectivity index (χ1n) is 8.72. The van der Waals surface area contributed by atoms with Crippen LogP contribution >= 0.6 is 23.2 Å². The number of aromatic amines is 2. The lowest BCUT2D eigenvalue weighted by Gasteiger charge is -2.12. The van der Waals surface area contributed by atoms with Crippen molar-refractivity contribution in [1.29, 1.82) is 0 Å². The molecule has 0 saturated heterocycles. The van der Waals surface area contributed by atoms with Crippen molar-refractivity contribution in [1.82, 2.24) is 9.97 Å². The zero-order chi connectivity index (χ0) is 22.5. The quantitative estimate of drug-likeness (QED) is 0.402. The van der Waals surface area contributed by atoms with E-state index in [1.165, 1.54) is 19.3 Å². The van der Waals surface area contributed by atoms with Gasteiger partial charge in [-0.1, -0.05) is 41.4 Å². The number of ether oxygens (including phenoxy) is 2. The minimum atomic E-state index is -1.09. The summed E-state index contributed by atoms with van der Waals surface area (Å²) in [5.74, 6) is 0.873. The van der Waals surface area contributed by atoms with E-state index in [0.29, 0.717) is 27.1 Å². The Kier molecular flexibility index (Phi) is 6.78. The fourth-order valence-electron chi connectivity index (χ4n) is 2.68.